The van der Waals surface area contributed by atoms with Crippen LogP contribution in [0.2, 0.25) is 0 Å². The lowest BCUT2D eigenvalue weighted by atomic mass is 10.1. The van der Waals surface area contributed by atoms with Crippen LogP contribution in [0, 0.1) is 0 Å². The number of anilines is 1. The van der Waals surface area contributed by atoms with Crippen molar-refractivity contribution in [3.05, 3.63) is 122 Å². The number of nitrogens with zero attached hydrogens (tertiary/aromatic N) is 5. The molecule has 0 atom stereocenters. The van der Waals surface area contributed by atoms with Crippen LogP contribution in [-0.2, 0) is 6.42 Å². The van der Waals surface area contributed by atoms with Crippen molar-refractivity contribution in [3.8, 4) is 33.8 Å². The van der Waals surface area contributed by atoms with E-state index in [0.29, 0.717) is 5.65 Å². The summed E-state index contributed by atoms with van der Waals surface area (Å²) < 4.78 is 0. The van der Waals surface area contributed by atoms with Crippen LogP contribution < -0.4 is 5.32 Å². The number of H-pyrrole nitrogens is 2. The molecular weight excluding hydrogens is 496 g/mol. The summed E-state index contributed by atoms with van der Waals surface area (Å²) in [6.07, 6.45) is 11.6. The van der Waals surface area contributed by atoms with Gasteiger partial charge in [-0.3, -0.25) is 20.1 Å². The summed E-state index contributed by atoms with van der Waals surface area (Å²) in [4.78, 5) is 21.5. The van der Waals surface area contributed by atoms with Gasteiger partial charge in [-0.05, 0) is 35.9 Å². The van der Waals surface area contributed by atoms with Crippen molar-refractivity contribution in [1.82, 2.24) is 35.1 Å². The molecule has 8 heteroatoms. The van der Waals surface area contributed by atoms with Crippen LogP contribution in [0.5, 0.6) is 0 Å². The number of rotatable bonds is 7. The Morgan fingerprint density at radius 3 is 2.52 bits per heavy atom. The van der Waals surface area contributed by atoms with Crippen molar-refractivity contribution < 1.29 is 0 Å². The van der Waals surface area contributed by atoms with E-state index in [4.69, 9.17) is 0 Å². The highest BCUT2D eigenvalue weighted by atomic mass is 15.2. The van der Waals surface area contributed by atoms with Crippen LogP contribution in [0.1, 0.15) is 5.56 Å². The minimum absolute atomic E-state index is 0.638. The number of nitrogens with one attached hydrogen (secondary N) is 3. The predicted molar refractivity (Wildman–Crippen MR) is 158 cm³/mol. The SMILES string of the molecule is C=C(Cc1ccccc1)Nc1cncc(-c2cnc3n[nH]c(-c4cc5c(-c6ccccn6)cncc5[nH]4)c3c2)c1. The van der Waals surface area contributed by atoms with E-state index in [1.54, 1.807) is 12.4 Å². The number of aromatic nitrogens is 7. The lowest BCUT2D eigenvalue weighted by Crippen LogP contribution is -2.02. The molecule has 6 heterocycles. The third-order valence-corrected chi connectivity index (χ3v) is 6.82. The summed E-state index contributed by atoms with van der Waals surface area (Å²) in [7, 11) is 0. The second-order valence-corrected chi connectivity index (χ2v) is 9.59. The molecule has 0 fully saturated rings. The third kappa shape index (κ3) is 4.48. The van der Waals surface area contributed by atoms with Crippen LogP contribution in [-0.4, -0.2) is 35.1 Å². The van der Waals surface area contributed by atoms with Gasteiger partial charge in [-0.15, -0.1) is 0 Å². The van der Waals surface area contributed by atoms with Crippen molar-refractivity contribution in [2.24, 2.45) is 0 Å². The molecule has 3 N–H and O–H groups in total. The van der Waals surface area contributed by atoms with Gasteiger partial charge in [0.2, 0.25) is 0 Å². The summed E-state index contributed by atoms with van der Waals surface area (Å²) >= 11 is 0. The molecule has 0 saturated heterocycles. The highest BCUT2D eigenvalue weighted by Gasteiger charge is 2.15. The van der Waals surface area contributed by atoms with E-state index < -0.39 is 0 Å². The average molecular weight is 521 g/mol. The Morgan fingerprint density at radius 1 is 0.800 bits per heavy atom. The van der Waals surface area contributed by atoms with E-state index in [2.05, 4.69) is 77.3 Å². The Bertz CT molecular complexity index is 1970. The molecule has 1 aromatic carbocycles. The normalized spacial score (nSPS) is 11.2. The number of hydrogen-bond donors (Lipinski definition) is 3. The van der Waals surface area contributed by atoms with Gasteiger partial charge in [0.25, 0.3) is 0 Å². The highest BCUT2D eigenvalue weighted by Crippen LogP contribution is 2.34. The van der Waals surface area contributed by atoms with Crippen LogP contribution in [0.4, 0.5) is 5.69 Å². The maximum Gasteiger partial charge on any atom is 0.181 e. The first kappa shape index (κ1) is 23.5. The molecule has 192 valence electrons. The third-order valence-electron chi connectivity index (χ3n) is 6.82. The Kier molecular flexibility index (Phi) is 5.82. The topological polar surface area (TPSA) is 108 Å². The van der Waals surface area contributed by atoms with Gasteiger partial charge in [-0.1, -0.05) is 43.0 Å². The minimum Gasteiger partial charge on any atom is -0.358 e. The minimum atomic E-state index is 0.638. The average Bonchev–Trinajstić information content (AvgIpc) is 3.62. The number of aromatic amines is 2. The molecule has 0 bridgehead atoms. The summed E-state index contributed by atoms with van der Waals surface area (Å²) in [6, 6.07) is 22.4. The Hall–Kier alpha value is -5.63. The fourth-order valence-electron chi connectivity index (χ4n) is 4.93. The lowest BCUT2D eigenvalue weighted by Gasteiger charge is -2.11. The van der Waals surface area contributed by atoms with Gasteiger partial charge in [0.1, 0.15) is 0 Å². The second kappa shape index (κ2) is 9.92. The highest BCUT2D eigenvalue weighted by molar-refractivity contribution is 6.00. The fraction of sp³-hybridized carbons (Fsp3) is 0.0312. The maximum absolute atomic E-state index is 4.62. The molecule has 0 aliphatic heterocycles. The van der Waals surface area contributed by atoms with Gasteiger partial charge in [0.05, 0.1) is 40.7 Å². The molecule has 6 aromatic heterocycles. The van der Waals surface area contributed by atoms with E-state index in [0.717, 1.165) is 67.9 Å². The van der Waals surface area contributed by atoms with E-state index in [1.807, 2.05) is 61.2 Å². The first-order valence-corrected chi connectivity index (χ1v) is 12.9. The molecule has 0 amide bonds. The predicted octanol–water partition coefficient (Wildman–Crippen LogP) is 6.79. The molecule has 0 unspecified atom stereocenters. The molecule has 40 heavy (non-hydrogen) atoms. The number of fused-ring (bicyclic) bond motifs is 2. The summed E-state index contributed by atoms with van der Waals surface area (Å²) in [5, 5.41) is 13.0. The van der Waals surface area contributed by atoms with E-state index in [9.17, 15) is 0 Å². The molecule has 0 radical (unpaired) electrons. The van der Waals surface area contributed by atoms with Gasteiger partial charge in [-0.25, -0.2) is 4.98 Å². The fourth-order valence-corrected chi connectivity index (χ4v) is 4.93. The van der Waals surface area contributed by atoms with Crippen LogP contribution in [0.3, 0.4) is 0 Å². The number of pyridine rings is 4. The standard InChI is InChI=1S/C32H24N8/c1-20(11-21-7-3-2-4-8-21)37-24-12-22(15-33-17-24)23-13-26-31(39-40-32(26)36-16-23)29-14-25-27(18-34-19-30(25)38-29)28-9-5-6-10-35-28/h2-10,12-19,37-38H,1,11H2,(H,36,39,40). The Morgan fingerprint density at radius 2 is 1.65 bits per heavy atom. The Labute approximate surface area is 229 Å². The summed E-state index contributed by atoms with van der Waals surface area (Å²) in [5.74, 6) is 0. The van der Waals surface area contributed by atoms with Gasteiger partial charge in [0, 0.05) is 64.4 Å². The van der Waals surface area contributed by atoms with Crippen molar-refractivity contribution in [2.75, 3.05) is 5.32 Å². The molecule has 7 aromatic rings. The monoisotopic (exact) mass is 520 g/mol. The molecule has 0 spiro atoms. The van der Waals surface area contributed by atoms with E-state index in [-0.39, 0.29) is 0 Å². The van der Waals surface area contributed by atoms with E-state index in [1.165, 1.54) is 5.56 Å². The Balaban J connectivity index is 1.21. The van der Waals surface area contributed by atoms with E-state index >= 15 is 0 Å². The zero-order valence-corrected chi connectivity index (χ0v) is 21.5. The van der Waals surface area contributed by atoms with Gasteiger partial charge in [-0.2, -0.15) is 5.10 Å². The quantitative estimate of drug-likeness (QED) is 0.213. The molecule has 7 rings (SSSR count). The molecule has 0 aliphatic rings. The zero-order chi connectivity index (χ0) is 26.9. The molecule has 0 aliphatic carbocycles. The zero-order valence-electron chi connectivity index (χ0n) is 21.5. The van der Waals surface area contributed by atoms with Crippen LogP contribution >= 0.6 is 0 Å². The van der Waals surface area contributed by atoms with Crippen LogP contribution in [0.25, 0.3) is 55.7 Å². The smallest absolute Gasteiger partial charge is 0.181 e. The maximum atomic E-state index is 4.62. The van der Waals surface area contributed by atoms with Crippen LogP contribution in [0.15, 0.2) is 116 Å². The van der Waals surface area contributed by atoms with Gasteiger partial charge >= 0.3 is 0 Å². The van der Waals surface area contributed by atoms with Crippen molar-refractivity contribution in [3.63, 3.8) is 0 Å². The summed E-state index contributed by atoms with van der Waals surface area (Å²) in [5.41, 5.74) is 9.99. The first-order valence-electron chi connectivity index (χ1n) is 12.9. The lowest BCUT2D eigenvalue weighted by molar-refractivity contribution is 1.10. The molecule has 0 saturated carbocycles. The number of allylic oxidation sites excluding steroid dienone is 1. The number of hydrogen-bond acceptors (Lipinski definition) is 6. The molecular formula is C32H24N8. The second-order valence-electron chi connectivity index (χ2n) is 9.59. The number of benzene rings is 1. The van der Waals surface area contributed by atoms with Crippen molar-refractivity contribution in [2.45, 2.75) is 6.42 Å². The molecule has 8 nitrogen and oxygen atoms in total. The summed E-state index contributed by atoms with van der Waals surface area (Å²) in [6.45, 7) is 4.19. The van der Waals surface area contributed by atoms with Crippen molar-refractivity contribution in [1.29, 1.82) is 0 Å². The van der Waals surface area contributed by atoms with Crippen molar-refractivity contribution >= 4 is 27.6 Å². The van der Waals surface area contributed by atoms with Gasteiger partial charge < -0.3 is 10.3 Å². The van der Waals surface area contributed by atoms with Gasteiger partial charge in [0.15, 0.2) is 5.65 Å². The largest absolute Gasteiger partial charge is 0.358 e. The first-order chi connectivity index (χ1) is 19.7.